The van der Waals surface area contributed by atoms with Crippen LogP contribution >= 0.6 is 0 Å². The lowest BCUT2D eigenvalue weighted by Gasteiger charge is -2.10. The van der Waals surface area contributed by atoms with Crippen LogP contribution in [0.2, 0.25) is 0 Å². The molecule has 18 heavy (non-hydrogen) atoms. The Morgan fingerprint density at radius 2 is 1.94 bits per heavy atom. The predicted molar refractivity (Wildman–Crippen MR) is 65.9 cm³/mol. The molecule has 6 nitrogen and oxygen atoms in total. The summed E-state index contributed by atoms with van der Waals surface area (Å²) in [5, 5.41) is 17.7. The van der Waals surface area contributed by atoms with E-state index < -0.39 is 22.7 Å². The minimum atomic E-state index is -3.67. The van der Waals surface area contributed by atoms with E-state index in [1.165, 1.54) is 12.1 Å². The van der Waals surface area contributed by atoms with Crippen molar-refractivity contribution in [1.82, 2.24) is 4.72 Å². The molecule has 102 valence electrons. The van der Waals surface area contributed by atoms with Crippen molar-refractivity contribution in [1.29, 1.82) is 0 Å². The van der Waals surface area contributed by atoms with Gasteiger partial charge in [-0.15, -0.1) is 0 Å². The fraction of sp³-hybridized carbons (Fsp3) is 0.455. The molecular formula is C11H17NO5S. The Hall–Kier alpha value is -1.15. The van der Waals surface area contributed by atoms with Gasteiger partial charge in [0.15, 0.2) is 0 Å². The maximum absolute atomic E-state index is 11.8. The van der Waals surface area contributed by atoms with Gasteiger partial charge in [-0.3, -0.25) is 0 Å². The number of hydrogen-bond donors (Lipinski definition) is 3. The molecule has 0 aromatic heterocycles. The van der Waals surface area contributed by atoms with Gasteiger partial charge in [-0.2, -0.15) is 0 Å². The van der Waals surface area contributed by atoms with E-state index in [9.17, 15) is 8.42 Å². The van der Waals surface area contributed by atoms with Crippen LogP contribution in [0.4, 0.5) is 0 Å². The molecular weight excluding hydrogens is 258 g/mol. The SMILES string of the molecule is CCOc1ccc(S(=O)(=O)NCC(O)CO)cc1. The molecule has 0 heterocycles. The summed E-state index contributed by atoms with van der Waals surface area (Å²) in [4.78, 5) is 0.0797. The Morgan fingerprint density at radius 1 is 1.33 bits per heavy atom. The quantitative estimate of drug-likeness (QED) is 0.636. The van der Waals surface area contributed by atoms with Crippen molar-refractivity contribution in [3.63, 3.8) is 0 Å². The highest BCUT2D eigenvalue weighted by molar-refractivity contribution is 7.89. The van der Waals surface area contributed by atoms with Gasteiger partial charge in [0.2, 0.25) is 10.0 Å². The number of ether oxygens (including phenoxy) is 1. The monoisotopic (exact) mass is 275 g/mol. The standard InChI is InChI=1S/C11H17NO5S/c1-2-17-10-3-5-11(6-4-10)18(15,16)12-7-9(14)8-13/h3-6,9,12-14H,2,7-8H2,1H3. The first kappa shape index (κ1) is 14.9. The van der Waals surface area contributed by atoms with E-state index >= 15 is 0 Å². The zero-order valence-electron chi connectivity index (χ0n) is 10.0. The number of rotatable bonds is 7. The van der Waals surface area contributed by atoms with E-state index in [0.29, 0.717) is 12.4 Å². The van der Waals surface area contributed by atoms with Crippen LogP contribution in [0, 0.1) is 0 Å². The van der Waals surface area contributed by atoms with Crippen LogP contribution in [0.1, 0.15) is 6.92 Å². The highest BCUT2D eigenvalue weighted by Gasteiger charge is 2.15. The maximum Gasteiger partial charge on any atom is 0.240 e. The second-order valence-electron chi connectivity index (χ2n) is 3.59. The van der Waals surface area contributed by atoms with Crippen LogP contribution in [0.3, 0.4) is 0 Å². The normalized spacial score (nSPS) is 13.3. The highest BCUT2D eigenvalue weighted by Crippen LogP contribution is 2.15. The van der Waals surface area contributed by atoms with Crippen molar-refractivity contribution in [3.8, 4) is 5.75 Å². The average Bonchev–Trinajstić information content (AvgIpc) is 2.37. The Morgan fingerprint density at radius 3 is 2.44 bits per heavy atom. The second-order valence-corrected chi connectivity index (χ2v) is 5.36. The largest absolute Gasteiger partial charge is 0.494 e. The molecule has 3 N–H and O–H groups in total. The van der Waals surface area contributed by atoms with E-state index in [1.54, 1.807) is 12.1 Å². The Kier molecular flexibility index (Phi) is 5.54. The summed E-state index contributed by atoms with van der Waals surface area (Å²) < 4.78 is 31.0. The van der Waals surface area contributed by atoms with Crippen molar-refractivity contribution < 1.29 is 23.4 Å². The summed E-state index contributed by atoms with van der Waals surface area (Å²) in [6.07, 6.45) is -1.11. The topological polar surface area (TPSA) is 95.9 Å². The van der Waals surface area contributed by atoms with Crippen LogP contribution in [0.25, 0.3) is 0 Å². The summed E-state index contributed by atoms with van der Waals surface area (Å²) in [6.45, 7) is 1.62. The lowest BCUT2D eigenvalue weighted by molar-refractivity contribution is 0.0988. The number of hydrogen-bond acceptors (Lipinski definition) is 5. The Balaban J connectivity index is 2.72. The molecule has 0 fully saturated rings. The molecule has 0 aliphatic heterocycles. The summed E-state index contributed by atoms with van der Waals surface area (Å²) in [7, 11) is -3.67. The minimum absolute atomic E-state index is 0.0797. The summed E-state index contributed by atoms with van der Waals surface area (Å²) >= 11 is 0. The van der Waals surface area contributed by atoms with E-state index in [2.05, 4.69) is 4.72 Å². The molecule has 0 saturated heterocycles. The van der Waals surface area contributed by atoms with Gasteiger partial charge in [-0.05, 0) is 31.2 Å². The Bertz CT molecular complexity index is 457. The van der Waals surface area contributed by atoms with Crippen molar-refractivity contribution in [3.05, 3.63) is 24.3 Å². The molecule has 1 aromatic carbocycles. The Labute approximate surface area is 106 Å². The van der Waals surface area contributed by atoms with Gasteiger partial charge in [0.1, 0.15) is 5.75 Å². The van der Waals surface area contributed by atoms with Crippen LogP contribution in [0.5, 0.6) is 5.75 Å². The zero-order valence-corrected chi connectivity index (χ0v) is 10.9. The van der Waals surface area contributed by atoms with E-state index in [0.717, 1.165) is 0 Å². The number of aliphatic hydroxyl groups excluding tert-OH is 2. The van der Waals surface area contributed by atoms with Gasteiger partial charge in [0, 0.05) is 6.54 Å². The maximum atomic E-state index is 11.8. The number of aliphatic hydroxyl groups is 2. The highest BCUT2D eigenvalue weighted by atomic mass is 32.2. The minimum Gasteiger partial charge on any atom is -0.494 e. The third kappa shape index (κ3) is 4.26. The van der Waals surface area contributed by atoms with Gasteiger partial charge >= 0.3 is 0 Å². The van der Waals surface area contributed by atoms with E-state index in [1.807, 2.05) is 6.92 Å². The average molecular weight is 275 g/mol. The first-order valence-electron chi connectivity index (χ1n) is 5.51. The fourth-order valence-electron chi connectivity index (χ4n) is 1.24. The smallest absolute Gasteiger partial charge is 0.240 e. The van der Waals surface area contributed by atoms with Crippen molar-refractivity contribution in [2.75, 3.05) is 19.8 Å². The summed E-state index contributed by atoms with van der Waals surface area (Å²) in [5.74, 6) is 0.590. The third-order valence-electron chi connectivity index (χ3n) is 2.16. The van der Waals surface area contributed by atoms with Crippen molar-refractivity contribution in [2.45, 2.75) is 17.9 Å². The van der Waals surface area contributed by atoms with Gasteiger partial charge in [-0.25, -0.2) is 13.1 Å². The molecule has 1 unspecified atom stereocenters. The van der Waals surface area contributed by atoms with Crippen LogP contribution in [-0.2, 0) is 10.0 Å². The molecule has 0 radical (unpaired) electrons. The molecule has 7 heteroatoms. The predicted octanol–water partition coefficient (Wildman–Crippen LogP) is -0.283. The third-order valence-corrected chi connectivity index (χ3v) is 3.60. The van der Waals surface area contributed by atoms with Gasteiger partial charge < -0.3 is 14.9 Å². The van der Waals surface area contributed by atoms with Crippen LogP contribution < -0.4 is 9.46 Å². The zero-order chi connectivity index (χ0) is 13.6. The van der Waals surface area contributed by atoms with Crippen LogP contribution in [0.15, 0.2) is 29.2 Å². The van der Waals surface area contributed by atoms with Crippen molar-refractivity contribution in [2.24, 2.45) is 0 Å². The van der Waals surface area contributed by atoms with E-state index in [4.69, 9.17) is 14.9 Å². The lowest BCUT2D eigenvalue weighted by atomic mass is 10.3. The first-order valence-corrected chi connectivity index (χ1v) is 6.99. The molecule has 0 aliphatic rings. The number of sulfonamides is 1. The molecule has 1 rings (SSSR count). The number of benzene rings is 1. The number of nitrogens with one attached hydrogen (secondary N) is 1. The van der Waals surface area contributed by atoms with Gasteiger partial charge in [-0.1, -0.05) is 0 Å². The molecule has 0 aliphatic carbocycles. The summed E-state index contributed by atoms with van der Waals surface area (Å²) in [5.41, 5.74) is 0. The van der Waals surface area contributed by atoms with Crippen molar-refractivity contribution >= 4 is 10.0 Å². The van der Waals surface area contributed by atoms with Gasteiger partial charge in [0.25, 0.3) is 0 Å². The fourth-order valence-corrected chi connectivity index (χ4v) is 2.31. The van der Waals surface area contributed by atoms with Crippen LogP contribution in [-0.4, -0.2) is 44.5 Å². The molecule has 1 atom stereocenters. The molecule has 0 saturated carbocycles. The van der Waals surface area contributed by atoms with Gasteiger partial charge in [0.05, 0.1) is 24.2 Å². The van der Waals surface area contributed by atoms with E-state index in [-0.39, 0.29) is 11.4 Å². The molecule has 0 bridgehead atoms. The summed E-state index contributed by atoms with van der Waals surface area (Å²) in [6, 6.07) is 5.94. The lowest BCUT2D eigenvalue weighted by Crippen LogP contribution is -2.33. The molecule has 0 amide bonds. The molecule has 1 aromatic rings. The second kappa shape index (κ2) is 6.69. The molecule has 0 spiro atoms. The first-order chi connectivity index (χ1) is 8.49.